The predicted octanol–water partition coefficient (Wildman–Crippen LogP) is 5.88. The van der Waals surface area contributed by atoms with Crippen LogP contribution in [0, 0.1) is 5.82 Å². The molecule has 0 radical (unpaired) electrons. The number of fused-ring (bicyclic) bond motifs is 2. The van der Waals surface area contributed by atoms with Gasteiger partial charge in [-0.2, -0.15) is 0 Å². The highest BCUT2D eigenvalue weighted by molar-refractivity contribution is 6.34. The van der Waals surface area contributed by atoms with Crippen molar-refractivity contribution >= 4 is 34.9 Å². The van der Waals surface area contributed by atoms with E-state index in [1.54, 1.807) is 11.0 Å². The average Bonchev–Trinajstić information content (AvgIpc) is 3.02. The number of benzene rings is 3. The Morgan fingerprint density at radius 3 is 2.41 bits per heavy atom. The van der Waals surface area contributed by atoms with Gasteiger partial charge in [0.05, 0.1) is 22.7 Å². The number of carbonyl (C=O) groups excluding carboxylic acids is 2. The van der Waals surface area contributed by atoms with Gasteiger partial charge in [0.25, 0.3) is 11.8 Å². The Bertz CT molecular complexity index is 1410. The van der Waals surface area contributed by atoms with Gasteiger partial charge in [-0.15, -0.1) is 0 Å². The molecule has 4 aromatic rings. The van der Waals surface area contributed by atoms with Crippen molar-refractivity contribution in [1.29, 1.82) is 0 Å². The number of aromatic nitrogens is 1. The van der Waals surface area contributed by atoms with Crippen molar-refractivity contribution in [2.24, 2.45) is 0 Å². The number of nitrogens with zero attached hydrogens (tertiary/aromatic N) is 2. The lowest BCUT2D eigenvalue weighted by Crippen LogP contribution is -2.30. The van der Waals surface area contributed by atoms with E-state index in [-0.39, 0.29) is 22.3 Å². The van der Waals surface area contributed by atoms with Crippen LogP contribution in [0.1, 0.15) is 37.4 Å². The topological polar surface area (TPSA) is 62.3 Å². The Morgan fingerprint density at radius 1 is 0.912 bits per heavy atom. The smallest absolute Gasteiger partial charge is 0.260 e. The van der Waals surface area contributed by atoms with Gasteiger partial charge in [0.15, 0.2) is 0 Å². The van der Waals surface area contributed by atoms with Crippen LogP contribution in [0.5, 0.6) is 0 Å². The molecule has 1 aliphatic rings. The fraction of sp³-hybridized carbons (Fsp3) is 0.0741. The van der Waals surface area contributed by atoms with Crippen LogP contribution in [0.2, 0.25) is 5.02 Å². The molecule has 5 rings (SSSR count). The van der Waals surface area contributed by atoms with E-state index in [0.29, 0.717) is 12.1 Å². The molecule has 0 atom stereocenters. The molecule has 0 saturated carbocycles. The molecule has 0 fully saturated rings. The molecule has 2 heterocycles. The number of nitrogens with one attached hydrogen (secondary N) is 1. The predicted molar refractivity (Wildman–Crippen MR) is 130 cm³/mol. The van der Waals surface area contributed by atoms with Crippen LogP contribution >= 0.6 is 11.6 Å². The van der Waals surface area contributed by atoms with Crippen LogP contribution in [0.25, 0.3) is 0 Å². The summed E-state index contributed by atoms with van der Waals surface area (Å²) in [6.45, 7) is 0.447. The van der Waals surface area contributed by atoms with Gasteiger partial charge >= 0.3 is 0 Å². The number of pyridine rings is 1. The van der Waals surface area contributed by atoms with Gasteiger partial charge in [0.2, 0.25) is 0 Å². The fourth-order valence-electron chi connectivity index (χ4n) is 4.06. The van der Waals surface area contributed by atoms with E-state index < -0.39 is 11.7 Å². The molecule has 1 aromatic heterocycles. The second-order valence-electron chi connectivity index (χ2n) is 7.98. The van der Waals surface area contributed by atoms with Gasteiger partial charge in [0, 0.05) is 11.9 Å². The zero-order valence-corrected chi connectivity index (χ0v) is 18.7. The minimum Gasteiger partial charge on any atom is -0.307 e. The van der Waals surface area contributed by atoms with Crippen LogP contribution in [0.4, 0.5) is 15.9 Å². The van der Waals surface area contributed by atoms with E-state index in [4.69, 9.17) is 11.6 Å². The molecule has 0 unspecified atom stereocenters. The van der Waals surface area contributed by atoms with Crippen LogP contribution in [-0.2, 0) is 13.0 Å². The normalized spacial score (nSPS) is 12.4. The summed E-state index contributed by atoms with van der Waals surface area (Å²) in [6, 6.07) is 22.7. The van der Waals surface area contributed by atoms with Crippen LogP contribution in [-0.4, -0.2) is 16.8 Å². The maximum atomic E-state index is 13.5. The second kappa shape index (κ2) is 9.08. The molecule has 3 aromatic carbocycles. The summed E-state index contributed by atoms with van der Waals surface area (Å²) in [4.78, 5) is 31.9. The Morgan fingerprint density at radius 2 is 1.65 bits per heavy atom. The van der Waals surface area contributed by atoms with Crippen molar-refractivity contribution in [2.45, 2.75) is 13.0 Å². The number of hydrogen-bond donors (Lipinski definition) is 1. The molecule has 1 aliphatic heterocycles. The Hall–Kier alpha value is -4.03. The summed E-state index contributed by atoms with van der Waals surface area (Å²) in [5, 5.41) is 2.71. The molecule has 2 amide bonds. The summed E-state index contributed by atoms with van der Waals surface area (Å²) in [7, 11) is 0. The lowest BCUT2D eigenvalue weighted by Gasteiger charge is -2.23. The minimum atomic E-state index is -0.589. The first-order chi connectivity index (χ1) is 16.5. The molecule has 34 heavy (non-hydrogen) atoms. The van der Waals surface area contributed by atoms with Crippen molar-refractivity contribution in [1.82, 2.24) is 4.98 Å². The number of halogens is 2. The maximum Gasteiger partial charge on any atom is 0.260 e. The van der Waals surface area contributed by atoms with Gasteiger partial charge in [-0.25, -0.2) is 9.37 Å². The SMILES string of the molecule is O=C(Nc1ccc(C(=O)N2Cc3ccccc3Cc3ccccc32)cn1)c1cc(F)ccc1Cl. The van der Waals surface area contributed by atoms with Crippen molar-refractivity contribution in [3.05, 3.63) is 124 Å². The summed E-state index contributed by atoms with van der Waals surface area (Å²) in [6.07, 6.45) is 2.17. The fourth-order valence-corrected chi connectivity index (χ4v) is 4.26. The molecule has 1 N–H and O–H groups in total. The number of anilines is 2. The van der Waals surface area contributed by atoms with Crippen LogP contribution in [0.15, 0.2) is 85.1 Å². The lowest BCUT2D eigenvalue weighted by atomic mass is 10.0. The van der Waals surface area contributed by atoms with Gasteiger partial charge < -0.3 is 10.2 Å². The summed E-state index contributed by atoms with van der Waals surface area (Å²) in [5.41, 5.74) is 4.61. The number of para-hydroxylation sites is 1. The third kappa shape index (κ3) is 4.28. The monoisotopic (exact) mass is 471 g/mol. The lowest BCUT2D eigenvalue weighted by molar-refractivity contribution is 0.0984. The van der Waals surface area contributed by atoms with E-state index in [2.05, 4.69) is 16.4 Å². The standard InChI is InChI=1S/C27H19ClFN3O2/c28-23-11-10-21(29)14-22(23)26(33)31-25-12-9-19(15-30-25)27(34)32-16-20-7-2-1-5-17(20)13-18-6-3-4-8-24(18)32/h1-12,14-15H,13,16H2,(H,30,31,33). The van der Waals surface area contributed by atoms with E-state index in [9.17, 15) is 14.0 Å². The van der Waals surface area contributed by atoms with Crippen molar-refractivity contribution in [3.63, 3.8) is 0 Å². The number of rotatable bonds is 3. The first-order valence-corrected chi connectivity index (χ1v) is 11.1. The molecular weight excluding hydrogens is 453 g/mol. The Balaban J connectivity index is 1.40. The minimum absolute atomic E-state index is 0.00320. The molecule has 168 valence electrons. The highest BCUT2D eigenvalue weighted by Gasteiger charge is 2.25. The van der Waals surface area contributed by atoms with E-state index in [1.807, 2.05) is 42.5 Å². The van der Waals surface area contributed by atoms with E-state index >= 15 is 0 Å². The molecular formula is C27H19ClFN3O2. The molecule has 7 heteroatoms. The first kappa shape index (κ1) is 21.8. The van der Waals surface area contributed by atoms with Gasteiger partial charge in [-0.1, -0.05) is 54.1 Å². The number of amides is 2. The molecule has 0 bridgehead atoms. The zero-order valence-electron chi connectivity index (χ0n) is 18.0. The quantitative estimate of drug-likeness (QED) is 0.406. The van der Waals surface area contributed by atoms with Crippen molar-refractivity contribution < 1.29 is 14.0 Å². The van der Waals surface area contributed by atoms with E-state index in [1.165, 1.54) is 30.0 Å². The largest absolute Gasteiger partial charge is 0.307 e. The maximum absolute atomic E-state index is 13.5. The Labute approximate surface area is 200 Å². The first-order valence-electron chi connectivity index (χ1n) is 10.7. The molecule has 0 aliphatic carbocycles. The molecule has 5 nitrogen and oxygen atoms in total. The third-order valence-corrected chi connectivity index (χ3v) is 6.11. The molecule has 0 saturated heterocycles. The van der Waals surface area contributed by atoms with Crippen LogP contribution in [0.3, 0.4) is 0 Å². The van der Waals surface area contributed by atoms with Crippen LogP contribution < -0.4 is 10.2 Å². The zero-order chi connectivity index (χ0) is 23.7. The second-order valence-corrected chi connectivity index (χ2v) is 8.38. The van der Waals surface area contributed by atoms with Gasteiger partial charge in [-0.3, -0.25) is 9.59 Å². The summed E-state index contributed by atoms with van der Waals surface area (Å²) in [5.74, 6) is -1.12. The Kier molecular flexibility index (Phi) is 5.82. The highest BCUT2D eigenvalue weighted by Crippen LogP contribution is 2.31. The number of hydrogen-bond acceptors (Lipinski definition) is 3. The summed E-state index contributed by atoms with van der Waals surface area (Å²) < 4.78 is 13.5. The van der Waals surface area contributed by atoms with Gasteiger partial charge in [-0.05, 0) is 59.5 Å². The van der Waals surface area contributed by atoms with Gasteiger partial charge in [0.1, 0.15) is 11.6 Å². The van der Waals surface area contributed by atoms with E-state index in [0.717, 1.165) is 29.3 Å². The summed E-state index contributed by atoms with van der Waals surface area (Å²) >= 11 is 6.00. The highest BCUT2D eigenvalue weighted by atomic mass is 35.5. The average molecular weight is 472 g/mol. The molecule has 0 spiro atoms. The number of carbonyl (C=O) groups is 2. The van der Waals surface area contributed by atoms with Crippen molar-refractivity contribution in [2.75, 3.05) is 10.2 Å². The third-order valence-electron chi connectivity index (χ3n) is 5.78. The van der Waals surface area contributed by atoms with Crippen molar-refractivity contribution in [3.8, 4) is 0 Å².